The summed E-state index contributed by atoms with van der Waals surface area (Å²) in [4.78, 5) is 12.3. The number of methoxy groups -OCH3 is 1. The Balaban J connectivity index is 1.63. The summed E-state index contributed by atoms with van der Waals surface area (Å²) >= 11 is 1.39. The summed E-state index contributed by atoms with van der Waals surface area (Å²) in [5, 5.41) is 9.15. The summed E-state index contributed by atoms with van der Waals surface area (Å²) < 4.78 is 13.0. The fraction of sp³-hybridized carbons (Fsp3) is 0.250. The van der Waals surface area contributed by atoms with Gasteiger partial charge in [0.15, 0.2) is 16.8 Å². The van der Waals surface area contributed by atoms with Gasteiger partial charge in [-0.1, -0.05) is 48.2 Å². The molecule has 0 saturated heterocycles. The van der Waals surface area contributed by atoms with Crippen molar-refractivity contribution in [1.82, 2.24) is 14.8 Å². The first kappa shape index (κ1) is 19.0. The Morgan fingerprint density at radius 2 is 1.85 bits per heavy atom. The number of nitrogens with zero attached hydrogens (tertiary/aromatic N) is 3. The molecule has 0 aliphatic heterocycles. The lowest BCUT2D eigenvalue weighted by Crippen LogP contribution is -2.08. The number of ketones is 1. The number of rotatable bonds is 9. The Morgan fingerprint density at radius 3 is 2.59 bits per heavy atom. The number of benzene rings is 2. The highest BCUT2D eigenvalue weighted by molar-refractivity contribution is 7.99. The molecule has 0 aliphatic rings. The molecule has 1 heterocycles. The van der Waals surface area contributed by atoms with Gasteiger partial charge in [0.1, 0.15) is 18.1 Å². The van der Waals surface area contributed by atoms with Crippen LogP contribution in [0.2, 0.25) is 0 Å². The van der Waals surface area contributed by atoms with Crippen LogP contribution >= 0.6 is 11.8 Å². The van der Waals surface area contributed by atoms with E-state index in [9.17, 15) is 4.79 Å². The number of carbonyl (C=O) groups excluding carboxylic acids is 1. The lowest BCUT2D eigenvalue weighted by atomic mass is 10.2. The molecular weight excluding hydrogens is 362 g/mol. The normalized spacial score (nSPS) is 10.6. The molecule has 0 atom stereocenters. The second-order valence-corrected chi connectivity index (χ2v) is 6.63. The van der Waals surface area contributed by atoms with Crippen LogP contribution in [0.15, 0.2) is 59.8 Å². The van der Waals surface area contributed by atoms with Gasteiger partial charge in [-0.15, -0.1) is 10.2 Å². The number of ether oxygens (including phenoxy) is 2. The average molecular weight is 383 g/mol. The monoisotopic (exact) mass is 383 g/mol. The molecule has 3 rings (SSSR count). The van der Waals surface area contributed by atoms with Gasteiger partial charge < -0.3 is 14.0 Å². The van der Waals surface area contributed by atoms with E-state index in [2.05, 4.69) is 10.2 Å². The molecule has 0 unspecified atom stereocenters. The molecule has 0 N–H and O–H groups in total. The number of Topliss-reactive ketones (excluding diaryl/α,β-unsaturated/α-hetero) is 1. The van der Waals surface area contributed by atoms with Crippen LogP contribution in [0, 0.1) is 0 Å². The van der Waals surface area contributed by atoms with Gasteiger partial charge in [-0.3, -0.25) is 4.79 Å². The minimum atomic E-state index is 0.0698. The number of thioether (sulfide) groups is 1. The Hall–Kier alpha value is -2.80. The highest BCUT2D eigenvalue weighted by atomic mass is 32.2. The lowest BCUT2D eigenvalue weighted by Gasteiger charge is -2.09. The quantitative estimate of drug-likeness (QED) is 0.413. The predicted molar refractivity (Wildman–Crippen MR) is 105 cm³/mol. The molecule has 0 amide bonds. The number of aromatic nitrogens is 3. The zero-order valence-corrected chi connectivity index (χ0v) is 16.1. The molecule has 0 aliphatic carbocycles. The van der Waals surface area contributed by atoms with Crippen molar-refractivity contribution >= 4 is 17.5 Å². The molecule has 27 heavy (non-hydrogen) atoms. The largest absolute Gasteiger partial charge is 0.497 e. The van der Waals surface area contributed by atoms with Crippen LogP contribution in [0.4, 0.5) is 0 Å². The summed E-state index contributed by atoms with van der Waals surface area (Å²) in [7, 11) is 1.62. The van der Waals surface area contributed by atoms with Crippen molar-refractivity contribution in [2.24, 2.45) is 0 Å². The Labute approximate surface area is 162 Å². The summed E-state index contributed by atoms with van der Waals surface area (Å²) in [5.41, 5.74) is 0.703. The number of hydrogen-bond acceptors (Lipinski definition) is 6. The minimum Gasteiger partial charge on any atom is -0.497 e. The van der Waals surface area contributed by atoms with Crippen molar-refractivity contribution in [3.63, 3.8) is 0 Å². The lowest BCUT2D eigenvalue weighted by molar-refractivity contribution is 0.102. The molecule has 2 aromatic carbocycles. The van der Waals surface area contributed by atoms with Gasteiger partial charge in [-0.2, -0.15) is 0 Å². The van der Waals surface area contributed by atoms with Crippen molar-refractivity contribution in [3.8, 4) is 11.5 Å². The first-order valence-electron chi connectivity index (χ1n) is 8.61. The second kappa shape index (κ2) is 9.23. The first-order chi connectivity index (χ1) is 13.2. The van der Waals surface area contributed by atoms with Crippen LogP contribution in [0.25, 0.3) is 0 Å². The maximum Gasteiger partial charge on any atom is 0.191 e. The molecule has 7 heteroatoms. The summed E-state index contributed by atoms with van der Waals surface area (Å²) in [5.74, 6) is 2.54. The SMILES string of the molecule is CCn1c(COc2cccc(OC)c2)nnc1SCC(=O)c1ccccc1. The smallest absolute Gasteiger partial charge is 0.191 e. The topological polar surface area (TPSA) is 66.2 Å². The van der Waals surface area contributed by atoms with E-state index in [-0.39, 0.29) is 5.78 Å². The summed E-state index contributed by atoms with van der Waals surface area (Å²) in [6, 6.07) is 16.7. The second-order valence-electron chi connectivity index (χ2n) is 5.69. The van der Waals surface area contributed by atoms with Gasteiger partial charge in [-0.25, -0.2) is 0 Å². The molecule has 0 fully saturated rings. The van der Waals surface area contributed by atoms with E-state index in [1.54, 1.807) is 7.11 Å². The first-order valence-corrected chi connectivity index (χ1v) is 9.59. The van der Waals surface area contributed by atoms with Crippen LogP contribution in [0.5, 0.6) is 11.5 Å². The van der Waals surface area contributed by atoms with Gasteiger partial charge >= 0.3 is 0 Å². The van der Waals surface area contributed by atoms with Gasteiger partial charge in [0.2, 0.25) is 0 Å². The fourth-order valence-electron chi connectivity index (χ4n) is 2.53. The van der Waals surface area contributed by atoms with E-state index in [1.807, 2.05) is 66.1 Å². The fourth-order valence-corrected chi connectivity index (χ4v) is 3.44. The van der Waals surface area contributed by atoms with Gasteiger partial charge in [-0.05, 0) is 19.1 Å². The van der Waals surface area contributed by atoms with Gasteiger partial charge in [0.05, 0.1) is 12.9 Å². The van der Waals surface area contributed by atoms with Crippen molar-refractivity contribution in [1.29, 1.82) is 0 Å². The third-order valence-corrected chi connectivity index (χ3v) is 4.91. The molecule has 0 radical (unpaired) electrons. The molecule has 3 aromatic rings. The van der Waals surface area contributed by atoms with E-state index < -0.39 is 0 Å². The maximum absolute atomic E-state index is 12.3. The third-order valence-electron chi connectivity index (χ3n) is 3.95. The van der Waals surface area contributed by atoms with E-state index in [0.717, 1.165) is 11.6 Å². The van der Waals surface area contributed by atoms with Crippen LogP contribution in [-0.4, -0.2) is 33.4 Å². The highest BCUT2D eigenvalue weighted by Gasteiger charge is 2.14. The number of carbonyl (C=O) groups is 1. The molecule has 0 bridgehead atoms. The Kier molecular flexibility index (Phi) is 6.49. The Bertz CT molecular complexity index is 896. The summed E-state index contributed by atoms with van der Waals surface area (Å²) in [6.45, 7) is 3.01. The van der Waals surface area contributed by atoms with Gasteiger partial charge in [0.25, 0.3) is 0 Å². The van der Waals surface area contributed by atoms with Crippen molar-refractivity contribution in [2.45, 2.75) is 25.2 Å². The molecular formula is C20H21N3O3S. The van der Waals surface area contributed by atoms with Crippen LogP contribution in [0.3, 0.4) is 0 Å². The van der Waals surface area contributed by atoms with Crippen LogP contribution in [0.1, 0.15) is 23.1 Å². The molecule has 1 aromatic heterocycles. The predicted octanol–water partition coefficient (Wildman–Crippen LogP) is 3.86. The highest BCUT2D eigenvalue weighted by Crippen LogP contribution is 2.22. The Morgan fingerprint density at radius 1 is 1.07 bits per heavy atom. The van der Waals surface area contributed by atoms with E-state index in [1.165, 1.54) is 11.8 Å². The van der Waals surface area contributed by atoms with Crippen LogP contribution < -0.4 is 9.47 Å². The van der Waals surface area contributed by atoms with E-state index in [4.69, 9.17) is 9.47 Å². The van der Waals surface area contributed by atoms with Crippen LogP contribution in [-0.2, 0) is 13.2 Å². The van der Waals surface area contributed by atoms with Crippen molar-refractivity contribution < 1.29 is 14.3 Å². The van der Waals surface area contributed by atoms with E-state index in [0.29, 0.717) is 35.4 Å². The van der Waals surface area contributed by atoms with Crippen molar-refractivity contribution in [3.05, 3.63) is 66.0 Å². The van der Waals surface area contributed by atoms with E-state index >= 15 is 0 Å². The third kappa shape index (κ3) is 4.89. The standard InChI is InChI=1S/C20H21N3O3S/c1-3-23-19(13-26-17-11-7-10-16(12-17)25-2)21-22-20(23)27-14-18(24)15-8-5-4-6-9-15/h4-12H,3,13-14H2,1-2H3. The number of hydrogen-bond donors (Lipinski definition) is 0. The van der Waals surface area contributed by atoms with Gasteiger partial charge in [0, 0.05) is 18.2 Å². The molecule has 0 spiro atoms. The molecule has 0 saturated carbocycles. The summed E-state index contributed by atoms with van der Waals surface area (Å²) in [6.07, 6.45) is 0. The average Bonchev–Trinajstić information content (AvgIpc) is 3.13. The molecule has 140 valence electrons. The zero-order valence-electron chi connectivity index (χ0n) is 15.3. The molecule has 6 nitrogen and oxygen atoms in total. The zero-order chi connectivity index (χ0) is 19.1. The van der Waals surface area contributed by atoms with Crippen molar-refractivity contribution in [2.75, 3.05) is 12.9 Å². The minimum absolute atomic E-state index is 0.0698. The maximum atomic E-state index is 12.3.